The van der Waals surface area contributed by atoms with Gasteiger partial charge in [0.1, 0.15) is 0 Å². The molecule has 0 saturated carbocycles. The van der Waals surface area contributed by atoms with Crippen molar-refractivity contribution < 1.29 is 0 Å². The molecule has 0 unspecified atom stereocenters. The Morgan fingerprint density at radius 1 is 1.57 bits per heavy atom. The summed E-state index contributed by atoms with van der Waals surface area (Å²) in [6.45, 7) is 4.43. The summed E-state index contributed by atoms with van der Waals surface area (Å²) in [6, 6.07) is 0. The first-order valence-electron chi connectivity index (χ1n) is 2.91. The van der Waals surface area contributed by atoms with Crippen LogP contribution in [0, 0.1) is 0 Å². The van der Waals surface area contributed by atoms with Crippen LogP contribution in [0.2, 0.25) is 0 Å². The summed E-state index contributed by atoms with van der Waals surface area (Å²) in [5.41, 5.74) is 0. The molecular weight excluding hydrogens is 100 g/mol. The topological polar surface area (TPSA) is 0 Å². The van der Waals surface area contributed by atoms with Gasteiger partial charge in [-0.05, 0) is 23.2 Å². The summed E-state index contributed by atoms with van der Waals surface area (Å²) >= 11 is 0. The molecule has 0 aliphatic rings. The van der Waals surface area contributed by atoms with Crippen LogP contribution in [0.5, 0.6) is 0 Å². The molecule has 0 amide bonds. The van der Waals surface area contributed by atoms with Gasteiger partial charge in [-0.3, -0.25) is 0 Å². The first-order valence-corrected chi connectivity index (χ1v) is 3.62. The maximum absolute atomic E-state index is 2.23. The van der Waals surface area contributed by atoms with Gasteiger partial charge in [0.05, 0.1) is 0 Å². The molecule has 0 bridgehead atoms. The van der Waals surface area contributed by atoms with Crippen molar-refractivity contribution in [2.45, 2.75) is 33.1 Å². The van der Waals surface area contributed by atoms with E-state index in [1.807, 2.05) is 9.85 Å². The van der Waals surface area contributed by atoms with Crippen LogP contribution in [0.4, 0.5) is 0 Å². The van der Waals surface area contributed by atoms with Gasteiger partial charge in [0.2, 0.25) is 0 Å². The molecule has 0 N–H and O–H groups in total. The van der Waals surface area contributed by atoms with Crippen molar-refractivity contribution >= 4 is 15.0 Å². The number of hydrogen-bond donors (Lipinski definition) is 0. The van der Waals surface area contributed by atoms with Crippen LogP contribution in [-0.4, -0.2) is 15.0 Å². The highest BCUT2D eigenvalue weighted by Crippen LogP contribution is 1.92. The zero-order valence-electron chi connectivity index (χ0n) is 5.33. The molecule has 0 radical (unpaired) electrons. The SMILES string of the molecule is CCCCC(C)=[SiH2]. The summed E-state index contributed by atoms with van der Waals surface area (Å²) < 4.78 is 0. The van der Waals surface area contributed by atoms with Crippen molar-refractivity contribution in [3.8, 4) is 0 Å². The lowest BCUT2D eigenvalue weighted by atomic mass is 10.2. The molecule has 7 heavy (non-hydrogen) atoms. The molecule has 0 rings (SSSR count). The Morgan fingerprint density at radius 3 is 2.29 bits per heavy atom. The minimum atomic E-state index is 1.33. The van der Waals surface area contributed by atoms with Crippen LogP contribution < -0.4 is 0 Å². The Morgan fingerprint density at radius 2 is 2.14 bits per heavy atom. The molecule has 0 aromatic heterocycles. The molecule has 1 heteroatoms. The summed E-state index contributed by atoms with van der Waals surface area (Å²) in [5.74, 6) is 0. The summed E-state index contributed by atoms with van der Waals surface area (Å²) in [6.07, 6.45) is 4.03. The lowest BCUT2D eigenvalue weighted by molar-refractivity contribution is 0.838. The van der Waals surface area contributed by atoms with E-state index in [0.717, 1.165) is 0 Å². The Bertz CT molecular complexity index is 57.2. The van der Waals surface area contributed by atoms with Gasteiger partial charge in [0.25, 0.3) is 0 Å². The van der Waals surface area contributed by atoms with Crippen LogP contribution in [0.3, 0.4) is 0 Å². The third kappa shape index (κ3) is 6.09. The van der Waals surface area contributed by atoms with Gasteiger partial charge in [0, 0.05) is 0 Å². The molecule has 0 aromatic carbocycles. The van der Waals surface area contributed by atoms with Crippen LogP contribution >= 0.6 is 0 Å². The Labute approximate surface area is 49.0 Å². The molecule has 0 aliphatic heterocycles. The fourth-order valence-electron chi connectivity index (χ4n) is 0.479. The van der Waals surface area contributed by atoms with E-state index in [-0.39, 0.29) is 0 Å². The maximum Gasteiger partial charge on any atom is -0.0249 e. The number of hydrogen-bond acceptors (Lipinski definition) is 0. The molecule has 0 heterocycles. The maximum atomic E-state index is 2.23. The van der Waals surface area contributed by atoms with Crippen molar-refractivity contribution in [1.29, 1.82) is 0 Å². The minimum absolute atomic E-state index is 1.33. The second-order valence-electron chi connectivity index (χ2n) is 2.06. The largest absolute Gasteiger partial charge is 0.0989 e. The van der Waals surface area contributed by atoms with Crippen LogP contribution in [0.15, 0.2) is 0 Å². The molecule has 0 atom stereocenters. The second kappa shape index (κ2) is 4.25. The van der Waals surface area contributed by atoms with Crippen molar-refractivity contribution in [2.24, 2.45) is 0 Å². The van der Waals surface area contributed by atoms with E-state index in [1.54, 1.807) is 5.17 Å². The highest BCUT2D eigenvalue weighted by molar-refractivity contribution is 6.37. The zero-order chi connectivity index (χ0) is 5.70. The highest BCUT2D eigenvalue weighted by atomic mass is 28.1. The molecule has 0 fully saturated rings. The number of unbranched alkanes of at least 4 members (excludes halogenated alkanes) is 1. The number of rotatable bonds is 3. The van der Waals surface area contributed by atoms with Gasteiger partial charge in [-0.15, -0.1) is 0 Å². The van der Waals surface area contributed by atoms with Gasteiger partial charge < -0.3 is 0 Å². The van der Waals surface area contributed by atoms with E-state index in [2.05, 4.69) is 13.8 Å². The standard InChI is InChI=1S/C6H14Si/c1-3-4-5-6(2)7/h3-5,7H2,1-2H3. The second-order valence-corrected chi connectivity index (χ2v) is 3.27. The molecule has 0 saturated heterocycles. The van der Waals surface area contributed by atoms with E-state index in [4.69, 9.17) is 0 Å². The molecule has 0 spiro atoms. The third-order valence-electron chi connectivity index (χ3n) is 0.957. The van der Waals surface area contributed by atoms with Gasteiger partial charge in [0.15, 0.2) is 0 Å². The van der Waals surface area contributed by atoms with Crippen molar-refractivity contribution in [1.82, 2.24) is 0 Å². The molecular formula is C6H14Si. The van der Waals surface area contributed by atoms with Crippen LogP contribution in [0.1, 0.15) is 33.1 Å². The Balaban J connectivity index is 2.82. The Kier molecular flexibility index (Phi) is 4.30. The van der Waals surface area contributed by atoms with E-state index in [9.17, 15) is 0 Å². The smallest absolute Gasteiger partial charge is 0.0249 e. The molecule has 0 aliphatic carbocycles. The average molecular weight is 114 g/mol. The van der Waals surface area contributed by atoms with E-state index < -0.39 is 0 Å². The van der Waals surface area contributed by atoms with Gasteiger partial charge >= 0.3 is 0 Å². The summed E-state index contributed by atoms with van der Waals surface area (Å²) in [5, 5.41) is 1.59. The van der Waals surface area contributed by atoms with E-state index in [1.165, 1.54) is 19.3 Å². The third-order valence-corrected chi connectivity index (χ3v) is 1.31. The lowest BCUT2D eigenvalue weighted by Crippen LogP contribution is -1.88. The highest BCUT2D eigenvalue weighted by Gasteiger charge is 1.80. The van der Waals surface area contributed by atoms with Crippen molar-refractivity contribution in [2.75, 3.05) is 0 Å². The lowest BCUT2D eigenvalue weighted by Gasteiger charge is -1.92. The fourth-order valence-corrected chi connectivity index (χ4v) is 0.729. The molecule has 0 aromatic rings. The van der Waals surface area contributed by atoms with E-state index >= 15 is 0 Å². The first-order chi connectivity index (χ1) is 3.27. The van der Waals surface area contributed by atoms with Gasteiger partial charge in [-0.25, -0.2) is 0 Å². The van der Waals surface area contributed by atoms with E-state index in [0.29, 0.717) is 0 Å². The molecule has 0 nitrogen and oxygen atoms in total. The van der Waals surface area contributed by atoms with Gasteiger partial charge in [-0.2, -0.15) is 0 Å². The summed E-state index contributed by atoms with van der Waals surface area (Å²) in [7, 11) is 2.01. The van der Waals surface area contributed by atoms with Gasteiger partial charge in [-0.1, -0.05) is 24.9 Å². The van der Waals surface area contributed by atoms with Crippen molar-refractivity contribution in [3.05, 3.63) is 0 Å². The minimum Gasteiger partial charge on any atom is -0.0989 e. The predicted octanol–water partition coefficient (Wildman–Crippen LogP) is 1.00. The Hall–Kier alpha value is 0.0869. The predicted molar refractivity (Wildman–Crippen MR) is 38.8 cm³/mol. The first kappa shape index (κ1) is 7.09. The quantitative estimate of drug-likeness (QED) is 0.480. The zero-order valence-corrected chi connectivity index (χ0v) is 6.74. The van der Waals surface area contributed by atoms with Crippen molar-refractivity contribution in [3.63, 3.8) is 0 Å². The van der Waals surface area contributed by atoms with Crippen LogP contribution in [-0.2, 0) is 0 Å². The van der Waals surface area contributed by atoms with Crippen LogP contribution in [0.25, 0.3) is 0 Å². The fraction of sp³-hybridized carbons (Fsp3) is 0.833. The average Bonchev–Trinajstić information content (AvgIpc) is 1.61. The monoisotopic (exact) mass is 114 g/mol. The molecule has 42 valence electrons. The normalized spacial score (nSPS) is 8.86. The summed E-state index contributed by atoms with van der Waals surface area (Å²) in [4.78, 5) is 0.